The number of aryl methyl sites for hydroxylation is 2. The molecule has 0 radical (unpaired) electrons. The number of alkyl halides is 2. The van der Waals surface area contributed by atoms with Crippen LogP contribution >= 0.6 is 0 Å². The van der Waals surface area contributed by atoms with Crippen molar-refractivity contribution in [2.45, 2.75) is 40.2 Å². The van der Waals surface area contributed by atoms with E-state index in [1.165, 1.54) is 13.1 Å². The molecular formula is C20H22F2N2O3. The number of carbonyl (C=O) groups is 2. The Kier molecular flexibility index (Phi) is 6.98. The predicted molar refractivity (Wildman–Crippen MR) is 97.2 cm³/mol. The molecule has 2 rings (SSSR count). The molecule has 1 aromatic heterocycles. The van der Waals surface area contributed by atoms with E-state index in [2.05, 4.69) is 10.3 Å². The summed E-state index contributed by atoms with van der Waals surface area (Å²) < 4.78 is 29.8. The number of Topliss-reactive ketones (excluding diaryl/α,β-unsaturated/α-hetero) is 1. The lowest BCUT2D eigenvalue weighted by atomic mass is 10.1. The van der Waals surface area contributed by atoms with Crippen molar-refractivity contribution in [1.82, 2.24) is 10.3 Å². The minimum Gasteiger partial charge on any atom is -0.487 e. The first-order chi connectivity index (χ1) is 12.8. The Balaban J connectivity index is 2.04. The number of rotatable bonds is 8. The molecule has 0 aliphatic carbocycles. The van der Waals surface area contributed by atoms with Gasteiger partial charge in [-0.25, -0.2) is 8.78 Å². The normalized spacial score (nSPS) is 10.7. The Bertz CT molecular complexity index is 815. The molecule has 144 valence electrons. The fourth-order valence-corrected chi connectivity index (χ4v) is 2.77. The van der Waals surface area contributed by atoms with Crippen LogP contribution in [0.5, 0.6) is 5.75 Å². The van der Waals surface area contributed by atoms with E-state index < -0.39 is 13.0 Å². The molecule has 0 aliphatic heterocycles. The maximum Gasteiger partial charge on any atom is 0.272 e. The Morgan fingerprint density at radius 3 is 2.44 bits per heavy atom. The summed E-state index contributed by atoms with van der Waals surface area (Å²) in [5.74, 6) is 0.129. The van der Waals surface area contributed by atoms with Gasteiger partial charge in [0.05, 0.1) is 0 Å². The number of pyridine rings is 1. The van der Waals surface area contributed by atoms with E-state index in [0.29, 0.717) is 17.0 Å². The second kappa shape index (κ2) is 9.21. The maximum atomic E-state index is 12.3. The van der Waals surface area contributed by atoms with Crippen molar-refractivity contribution in [1.29, 1.82) is 0 Å². The monoisotopic (exact) mass is 376 g/mol. The number of halogens is 2. The first kappa shape index (κ1) is 20.5. The summed E-state index contributed by atoms with van der Waals surface area (Å²) >= 11 is 0. The number of hydrogen-bond donors (Lipinski definition) is 1. The van der Waals surface area contributed by atoms with Crippen LogP contribution < -0.4 is 10.1 Å². The van der Waals surface area contributed by atoms with E-state index in [1.54, 1.807) is 38.1 Å². The summed E-state index contributed by atoms with van der Waals surface area (Å²) in [6, 6.07) is 6.76. The van der Waals surface area contributed by atoms with Gasteiger partial charge < -0.3 is 10.1 Å². The van der Waals surface area contributed by atoms with Gasteiger partial charge in [-0.2, -0.15) is 0 Å². The summed E-state index contributed by atoms with van der Waals surface area (Å²) in [5.41, 5.74) is 3.26. The highest BCUT2D eigenvalue weighted by atomic mass is 19.3. The highest BCUT2D eigenvalue weighted by Crippen LogP contribution is 2.25. The van der Waals surface area contributed by atoms with Crippen molar-refractivity contribution < 1.29 is 23.1 Å². The fourth-order valence-electron chi connectivity index (χ4n) is 2.77. The third-order valence-corrected chi connectivity index (χ3v) is 3.84. The van der Waals surface area contributed by atoms with Crippen molar-refractivity contribution in [2.75, 3.05) is 6.61 Å². The molecule has 0 atom stereocenters. The first-order valence-electron chi connectivity index (χ1n) is 8.50. The van der Waals surface area contributed by atoms with E-state index in [0.717, 1.165) is 16.7 Å². The Morgan fingerprint density at radius 2 is 1.85 bits per heavy atom. The molecule has 1 aromatic carbocycles. The van der Waals surface area contributed by atoms with Gasteiger partial charge in [0.2, 0.25) is 0 Å². The SMILES string of the molecule is CC(=O)Cc1cc(C(=O)NCc2cc(C)c(OCC(F)F)c(C)c2)ccn1. The number of aromatic nitrogens is 1. The van der Waals surface area contributed by atoms with Gasteiger partial charge in [-0.15, -0.1) is 0 Å². The van der Waals surface area contributed by atoms with Gasteiger partial charge in [-0.3, -0.25) is 14.6 Å². The lowest BCUT2D eigenvalue weighted by molar-refractivity contribution is -0.116. The van der Waals surface area contributed by atoms with Crippen LogP contribution in [0.2, 0.25) is 0 Å². The second-order valence-electron chi connectivity index (χ2n) is 6.36. The molecule has 0 spiro atoms. The predicted octanol–water partition coefficient (Wildman–Crippen LogP) is 3.40. The molecule has 5 nitrogen and oxygen atoms in total. The Labute approximate surface area is 156 Å². The molecule has 7 heteroatoms. The average Bonchev–Trinajstić information content (AvgIpc) is 2.58. The van der Waals surface area contributed by atoms with Crippen LogP contribution in [-0.4, -0.2) is 29.7 Å². The standard InChI is InChI=1S/C20H22F2N2O3/c1-12-6-15(7-13(2)19(12)27-11-18(21)22)10-24-20(26)16-4-5-23-17(9-16)8-14(3)25/h4-7,9,18H,8,10-11H2,1-3H3,(H,24,26). The lowest BCUT2D eigenvalue weighted by Gasteiger charge is -2.14. The summed E-state index contributed by atoms with van der Waals surface area (Å²) in [7, 11) is 0. The van der Waals surface area contributed by atoms with E-state index in [1.807, 2.05) is 0 Å². The smallest absolute Gasteiger partial charge is 0.272 e. The summed E-state index contributed by atoms with van der Waals surface area (Å²) in [6.45, 7) is 4.64. The van der Waals surface area contributed by atoms with Crippen LogP contribution in [0, 0.1) is 13.8 Å². The van der Waals surface area contributed by atoms with Gasteiger partial charge >= 0.3 is 0 Å². The molecular weight excluding hydrogens is 354 g/mol. The van der Waals surface area contributed by atoms with E-state index >= 15 is 0 Å². The van der Waals surface area contributed by atoms with E-state index in [9.17, 15) is 18.4 Å². The third kappa shape index (κ3) is 6.13. The zero-order chi connectivity index (χ0) is 20.0. The van der Waals surface area contributed by atoms with Crippen molar-refractivity contribution in [3.8, 4) is 5.75 Å². The molecule has 2 aromatic rings. The number of nitrogens with zero attached hydrogens (tertiary/aromatic N) is 1. The van der Waals surface area contributed by atoms with Gasteiger partial charge in [0.1, 0.15) is 18.1 Å². The zero-order valence-corrected chi connectivity index (χ0v) is 15.5. The van der Waals surface area contributed by atoms with Crippen LogP contribution in [0.25, 0.3) is 0 Å². The van der Waals surface area contributed by atoms with Crippen molar-refractivity contribution in [3.05, 3.63) is 58.4 Å². The largest absolute Gasteiger partial charge is 0.487 e. The first-order valence-corrected chi connectivity index (χ1v) is 8.50. The highest BCUT2D eigenvalue weighted by Gasteiger charge is 2.12. The van der Waals surface area contributed by atoms with Gasteiger partial charge in [0.25, 0.3) is 12.3 Å². The number of amides is 1. The van der Waals surface area contributed by atoms with Gasteiger partial charge in [0.15, 0.2) is 0 Å². The van der Waals surface area contributed by atoms with Crippen molar-refractivity contribution in [3.63, 3.8) is 0 Å². The number of carbonyl (C=O) groups excluding carboxylic acids is 2. The number of benzene rings is 1. The van der Waals surface area contributed by atoms with E-state index in [4.69, 9.17) is 4.74 Å². The zero-order valence-electron chi connectivity index (χ0n) is 15.5. The van der Waals surface area contributed by atoms with Crippen LogP contribution in [-0.2, 0) is 17.8 Å². The Hall–Kier alpha value is -2.83. The molecule has 0 unspecified atom stereocenters. The maximum absolute atomic E-state index is 12.3. The molecule has 0 saturated heterocycles. The van der Waals surface area contributed by atoms with Crippen LogP contribution in [0.15, 0.2) is 30.5 Å². The van der Waals surface area contributed by atoms with Crippen molar-refractivity contribution in [2.24, 2.45) is 0 Å². The summed E-state index contributed by atoms with van der Waals surface area (Å²) in [5, 5.41) is 2.81. The van der Waals surface area contributed by atoms with Crippen LogP contribution in [0.1, 0.15) is 39.7 Å². The molecule has 1 amide bonds. The number of nitrogens with one attached hydrogen (secondary N) is 1. The van der Waals surface area contributed by atoms with Crippen molar-refractivity contribution >= 4 is 11.7 Å². The van der Waals surface area contributed by atoms with Crippen LogP contribution in [0.3, 0.4) is 0 Å². The van der Waals surface area contributed by atoms with Gasteiger partial charge in [0, 0.05) is 30.4 Å². The van der Waals surface area contributed by atoms with E-state index in [-0.39, 0.29) is 24.7 Å². The summed E-state index contributed by atoms with van der Waals surface area (Å²) in [6.07, 6.45) is -0.855. The topological polar surface area (TPSA) is 68.3 Å². The minimum absolute atomic E-state index is 0.0276. The molecule has 27 heavy (non-hydrogen) atoms. The minimum atomic E-state index is -2.53. The third-order valence-electron chi connectivity index (χ3n) is 3.84. The van der Waals surface area contributed by atoms with Gasteiger partial charge in [-0.1, -0.05) is 12.1 Å². The second-order valence-corrected chi connectivity index (χ2v) is 6.36. The lowest BCUT2D eigenvalue weighted by Crippen LogP contribution is -2.23. The molecule has 0 saturated carbocycles. The molecule has 1 heterocycles. The quantitative estimate of drug-likeness (QED) is 0.767. The molecule has 0 aliphatic rings. The number of hydrogen-bond acceptors (Lipinski definition) is 4. The molecule has 1 N–H and O–H groups in total. The summed E-state index contributed by atoms with van der Waals surface area (Å²) in [4.78, 5) is 27.6. The molecule has 0 bridgehead atoms. The average molecular weight is 376 g/mol. The Morgan fingerprint density at radius 1 is 1.19 bits per heavy atom. The fraction of sp³-hybridized carbons (Fsp3) is 0.350. The number of ether oxygens (including phenoxy) is 1. The number of ketones is 1. The van der Waals surface area contributed by atoms with Crippen LogP contribution in [0.4, 0.5) is 8.78 Å². The van der Waals surface area contributed by atoms with Gasteiger partial charge in [-0.05, 0) is 49.6 Å². The highest BCUT2D eigenvalue weighted by molar-refractivity contribution is 5.94. The molecule has 0 fully saturated rings.